The fraction of sp³-hybridized carbons (Fsp3) is 0.600. The van der Waals surface area contributed by atoms with Crippen LogP contribution in [0, 0.1) is 0 Å². The van der Waals surface area contributed by atoms with Crippen LogP contribution in [0.25, 0.3) is 0 Å². The van der Waals surface area contributed by atoms with Crippen LogP contribution in [0.5, 0.6) is 11.5 Å². The van der Waals surface area contributed by atoms with E-state index < -0.39 is 0 Å². The Bertz CT molecular complexity index is 415. The lowest BCUT2D eigenvalue weighted by Crippen LogP contribution is -2.38. The van der Waals surface area contributed by atoms with Crippen molar-refractivity contribution in [3.05, 3.63) is 23.8 Å². The Labute approximate surface area is 109 Å². The van der Waals surface area contributed by atoms with E-state index >= 15 is 0 Å². The Kier molecular flexibility index (Phi) is 3.81. The molecule has 0 amide bonds. The lowest BCUT2D eigenvalue weighted by Gasteiger charge is -2.38. The number of hydrogen-bond donors (Lipinski definition) is 1. The zero-order chi connectivity index (χ0) is 13.2. The minimum absolute atomic E-state index is 0.160. The minimum Gasteiger partial charge on any atom is -0.490 e. The molecule has 1 aromatic rings. The van der Waals surface area contributed by atoms with E-state index in [1.807, 2.05) is 19.2 Å². The predicted molar refractivity (Wildman–Crippen MR) is 73.4 cm³/mol. The first-order valence-electron chi connectivity index (χ1n) is 6.69. The fourth-order valence-electron chi connectivity index (χ4n) is 2.42. The largest absolute Gasteiger partial charge is 0.490 e. The number of rotatable bonds is 4. The van der Waals surface area contributed by atoms with Gasteiger partial charge in [-0.3, -0.25) is 0 Å². The lowest BCUT2D eigenvalue weighted by molar-refractivity contribution is 0.0626. The summed E-state index contributed by atoms with van der Waals surface area (Å²) in [5.41, 5.74) is 1.04. The van der Waals surface area contributed by atoms with Crippen LogP contribution in [-0.2, 0) is 0 Å². The molecule has 0 fully saturated rings. The molecule has 0 bridgehead atoms. The highest BCUT2D eigenvalue weighted by molar-refractivity contribution is 5.50. The van der Waals surface area contributed by atoms with E-state index in [4.69, 9.17) is 9.47 Å². The maximum absolute atomic E-state index is 6.11. The number of nitrogens with one attached hydrogen (secondary N) is 1. The van der Waals surface area contributed by atoms with Gasteiger partial charge in [-0.2, -0.15) is 0 Å². The van der Waals surface area contributed by atoms with Gasteiger partial charge in [0.2, 0.25) is 0 Å². The summed E-state index contributed by atoms with van der Waals surface area (Å²) in [6.45, 7) is 7.08. The van der Waals surface area contributed by atoms with Gasteiger partial charge in [-0.05, 0) is 33.4 Å². The minimum atomic E-state index is -0.160. The van der Waals surface area contributed by atoms with Gasteiger partial charge >= 0.3 is 0 Å². The van der Waals surface area contributed by atoms with Crippen molar-refractivity contribution in [2.45, 2.75) is 45.3 Å². The molecule has 1 atom stereocenters. The van der Waals surface area contributed by atoms with E-state index in [0.29, 0.717) is 6.04 Å². The van der Waals surface area contributed by atoms with Gasteiger partial charge in [0.1, 0.15) is 5.60 Å². The highest BCUT2D eigenvalue weighted by atomic mass is 16.5. The van der Waals surface area contributed by atoms with Crippen LogP contribution in [0.15, 0.2) is 18.2 Å². The van der Waals surface area contributed by atoms with E-state index in [9.17, 15) is 0 Å². The van der Waals surface area contributed by atoms with Crippen LogP contribution < -0.4 is 14.8 Å². The first-order chi connectivity index (χ1) is 8.57. The molecule has 1 aliphatic heterocycles. The van der Waals surface area contributed by atoms with Crippen LogP contribution in [0.1, 0.15) is 45.2 Å². The molecule has 0 aromatic heterocycles. The molecule has 0 saturated heterocycles. The van der Waals surface area contributed by atoms with Crippen LogP contribution in [0.2, 0.25) is 0 Å². The van der Waals surface area contributed by atoms with Crippen molar-refractivity contribution >= 4 is 0 Å². The summed E-state index contributed by atoms with van der Waals surface area (Å²) in [6.07, 6.45) is 1.97. The van der Waals surface area contributed by atoms with Gasteiger partial charge in [0.25, 0.3) is 0 Å². The van der Waals surface area contributed by atoms with Gasteiger partial charge in [-0.25, -0.2) is 0 Å². The summed E-state index contributed by atoms with van der Waals surface area (Å²) in [6, 6.07) is 6.47. The summed E-state index contributed by atoms with van der Waals surface area (Å²) < 4.78 is 11.9. The Balaban J connectivity index is 2.37. The average molecular weight is 249 g/mol. The van der Waals surface area contributed by atoms with E-state index in [1.165, 1.54) is 5.56 Å². The van der Waals surface area contributed by atoms with Crippen LogP contribution in [-0.4, -0.2) is 19.3 Å². The third-order valence-electron chi connectivity index (χ3n) is 3.27. The molecule has 18 heavy (non-hydrogen) atoms. The molecule has 1 heterocycles. The first-order valence-corrected chi connectivity index (χ1v) is 6.69. The Morgan fingerprint density at radius 2 is 2.22 bits per heavy atom. The van der Waals surface area contributed by atoms with E-state index in [0.717, 1.165) is 30.9 Å². The quantitative estimate of drug-likeness (QED) is 0.888. The fourth-order valence-corrected chi connectivity index (χ4v) is 2.42. The first kappa shape index (κ1) is 13.2. The topological polar surface area (TPSA) is 30.5 Å². The van der Waals surface area contributed by atoms with Gasteiger partial charge in [-0.1, -0.05) is 19.1 Å². The van der Waals surface area contributed by atoms with Gasteiger partial charge in [0.15, 0.2) is 11.5 Å². The zero-order valence-electron chi connectivity index (χ0n) is 11.7. The number of para-hydroxylation sites is 1. The SMILES string of the molecule is CCCOc1cccc2c1OC(C)(C)CC2NC. The maximum Gasteiger partial charge on any atom is 0.166 e. The molecule has 0 radical (unpaired) electrons. The maximum atomic E-state index is 6.11. The predicted octanol–water partition coefficient (Wildman–Crippen LogP) is 3.30. The molecule has 3 heteroatoms. The average Bonchev–Trinajstić information content (AvgIpc) is 2.34. The number of fused-ring (bicyclic) bond motifs is 1. The zero-order valence-corrected chi connectivity index (χ0v) is 11.7. The standard InChI is InChI=1S/C15H23NO2/c1-5-9-17-13-8-6-7-11-12(16-4)10-15(2,3)18-14(11)13/h6-8,12,16H,5,9-10H2,1-4H3. The van der Waals surface area contributed by atoms with E-state index in [2.05, 4.69) is 32.2 Å². The van der Waals surface area contributed by atoms with Crippen molar-refractivity contribution < 1.29 is 9.47 Å². The molecule has 1 aromatic carbocycles. The van der Waals surface area contributed by atoms with Crippen LogP contribution in [0.4, 0.5) is 0 Å². The van der Waals surface area contributed by atoms with E-state index in [1.54, 1.807) is 0 Å². The summed E-state index contributed by atoms with van der Waals surface area (Å²) in [7, 11) is 2.00. The van der Waals surface area contributed by atoms with Gasteiger partial charge < -0.3 is 14.8 Å². The second kappa shape index (κ2) is 5.19. The summed E-state index contributed by atoms with van der Waals surface area (Å²) in [5, 5.41) is 3.36. The summed E-state index contributed by atoms with van der Waals surface area (Å²) >= 11 is 0. The van der Waals surface area contributed by atoms with Gasteiger partial charge in [0, 0.05) is 18.0 Å². The van der Waals surface area contributed by atoms with Crippen LogP contribution >= 0.6 is 0 Å². The normalized spacial score (nSPS) is 21.0. The molecule has 0 spiro atoms. The molecule has 1 unspecified atom stereocenters. The summed E-state index contributed by atoms with van der Waals surface area (Å²) in [4.78, 5) is 0. The number of hydrogen-bond acceptors (Lipinski definition) is 3. The molecule has 100 valence electrons. The Morgan fingerprint density at radius 1 is 1.44 bits per heavy atom. The molecule has 2 rings (SSSR count). The number of ether oxygens (including phenoxy) is 2. The Hall–Kier alpha value is -1.22. The second-order valence-electron chi connectivity index (χ2n) is 5.43. The molecule has 0 saturated carbocycles. The molecular formula is C15H23NO2. The highest BCUT2D eigenvalue weighted by Gasteiger charge is 2.34. The third kappa shape index (κ3) is 2.61. The highest BCUT2D eigenvalue weighted by Crippen LogP contribution is 2.44. The summed E-state index contributed by atoms with van der Waals surface area (Å²) in [5.74, 6) is 1.77. The Morgan fingerprint density at radius 3 is 2.89 bits per heavy atom. The molecule has 1 aliphatic rings. The van der Waals surface area contributed by atoms with Crippen molar-refractivity contribution in [2.75, 3.05) is 13.7 Å². The lowest BCUT2D eigenvalue weighted by atomic mass is 9.89. The van der Waals surface area contributed by atoms with Crippen molar-refractivity contribution in [1.82, 2.24) is 5.32 Å². The van der Waals surface area contributed by atoms with Crippen molar-refractivity contribution in [3.8, 4) is 11.5 Å². The molecular weight excluding hydrogens is 226 g/mol. The van der Waals surface area contributed by atoms with Gasteiger partial charge in [0.05, 0.1) is 6.61 Å². The second-order valence-corrected chi connectivity index (χ2v) is 5.43. The molecule has 1 N–H and O–H groups in total. The number of benzene rings is 1. The molecule has 0 aliphatic carbocycles. The van der Waals surface area contributed by atoms with E-state index in [-0.39, 0.29) is 5.60 Å². The van der Waals surface area contributed by atoms with Crippen molar-refractivity contribution in [2.24, 2.45) is 0 Å². The third-order valence-corrected chi connectivity index (χ3v) is 3.27. The van der Waals surface area contributed by atoms with Gasteiger partial charge in [-0.15, -0.1) is 0 Å². The van der Waals surface area contributed by atoms with Crippen molar-refractivity contribution in [1.29, 1.82) is 0 Å². The van der Waals surface area contributed by atoms with Crippen LogP contribution in [0.3, 0.4) is 0 Å². The monoisotopic (exact) mass is 249 g/mol. The molecule has 3 nitrogen and oxygen atoms in total. The smallest absolute Gasteiger partial charge is 0.166 e. The van der Waals surface area contributed by atoms with Crippen molar-refractivity contribution in [3.63, 3.8) is 0 Å².